The highest BCUT2D eigenvalue weighted by Crippen LogP contribution is 2.20. The molecule has 1 aromatic carbocycles. The van der Waals surface area contributed by atoms with Gasteiger partial charge in [-0.25, -0.2) is 4.98 Å². The van der Waals surface area contributed by atoms with Crippen molar-refractivity contribution in [2.75, 3.05) is 5.32 Å². The highest BCUT2D eigenvalue weighted by Gasteiger charge is 2.08. The number of carbonyl (C=O) groups is 1. The van der Waals surface area contributed by atoms with Gasteiger partial charge in [0.05, 0.1) is 6.42 Å². The molecule has 0 radical (unpaired) electrons. The number of benzene rings is 1. The standard InChI is InChI=1S/C15H16ClN3O/c1-10-4-2-3-5-11(10)8-18-13-7-14(16)19-9-12(13)6-15(17)20/h2-5,7,9H,6,8H2,1H3,(H2,17,20)(H,18,19). The second-order valence-electron chi connectivity index (χ2n) is 4.59. The number of rotatable bonds is 5. The fraction of sp³-hybridized carbons (Fsp3) is 0.200. The number of aromatic nitrogens is 1. The first-order valence-corrected chi connectivity index (χ1v) is 6.65. The summed E-state index contributed by atoms with van der Waals surface area (Å²) in [5.74, 6) is -0.395. The molecule has 0 aliphatic heterocycles. The van der Waals surface area contributed by atoms with Crippen molar-refractivity contribution in [2.24, 2.45) is 5.73 Å². The molecule has 0 aliphatic carbocycles. The summed E-state index contributed by atoms with van der Waals surface area (Å²) in [7, 11) is 0. The minimum absolute atomic E-state index is 0.139. The van der Waals surface area contributed by atoms with Gasteiger partial charge in [0.2, 0.25) is 5.91 Å². The first-order valence-electron chi connectivity index (χ1n) is 6.27. The van der Waals surface area contributed by atoms with Gasteiger partial charge in [-0.3, -0.25) is 4.79 Å². The van der Waals surface area contributed by atoms with Crippen LogP contribution in [0.5, 0.6) is 0 Å². The van der Waals surface area contributed by atoms with Crippen molar-refractivity contribution < 1.29 is 4.79 Å². The Hall–Kier alpha value is -2.07. The van der Waals surface area contributed by atoms with Gasteiger partial charge in [-0.2, -0.15) is 0 Å². The number of hydrogen-bond acceptors (Lipinski definition) is 3. The van der Waals surface area contributed by atoms with E-state index in [1.165, 1.54) is 11.1 Å². The predicted octanol–water partition coefficient (Wildman–Crippen LogP) is 2.68. The van der Waals surface area contributed by atoms with E-state index in [0.717, 1.165) is 11.3 Å². The smallest absolute Gasteiger partial charge is 0.221 e. The summed E-state index contributed by atoms with van der Waals surface area (Å²) < 4.78 is 0. The van der Waals surface area contributed by atoms with E-state index in [-0.39, 0.29) is 6.42 Å². The van der Waals surface area contributed by atoms with Crippen LogP contribution in [-0.4, -0.2) is 10.9 Å². The third-order valence-corrected chi connectivity index (χ3v) is 3.26. The molecule has 0 atom stereocenters. The van der Waals surface area contributed by atoms with Crippen molar-refractivity contribution in [3.05, 3.63) is 58.4 Å². The van der Waals surface area contributed by atoms with Crippen molar-refractivity contribution in [3.8, 4) is 0 Å². The van der Waals surface area contributed by atoms with E-state index >= 15 is 0 Å². The van der Waals surface area contributed by atoms with Crippen LogP contribution in [-0.2, 0) is 17.8 Å². The molecule has 0 fully saturated rings. The maximum atomic E-state index is 11.1. The third-order valence-electron chi connectivity index (χ3n) is 3.05. The van der Waals surface area contributed by atoms with Crippen LogP contribution in [0.4, 0.5) is 5.69 Å². The number of pyridine rings is 1. The van der Waals surface area contributed by atoms with Crippen LogP contribution in [0.15, 0.2) is 36.5 Å². The van der Waals surface area contributed by atoms with E-state index in [9.17, 15) is 4.79 Å². The molecule has 2 aromatic rings. The largest absolute Gasteiger partial charge is 0.381 e. The Morgan fingerprint density at radius 3 is 2.80 bits per heavy atom. The predicted molar refractivity (Wildman–Crippen MR) is 80.7 cm³/mol. The number of hydrogen-bond donors (Lipinski definition) is 2. The van der Waals surface area contributed by atoms with Crippen molar-refractivity contribution in [1.29, 1.82) is 0 Å². The minimum Gasteiger partial charge on any atom is -0.381 e. The molecule has 0 aliphatic rings. The Kier molecular flexibility index (Phi) is 4.58. The molecule has 20 heavy (non-hydrogen) atoms. The third kappa shape index (κ3) is 3.71. The van der Waals surface area contributed by atoms with Crippen molar-refractivity contribution in [3.63, 3.8) is 0 Å². The Balaban J connectivity index is 2.18. The first-order chi connectivity index (χ1) is 9.56. The van der Waals surface area contributed by atoms with Crippen molar-refractivity contribution in [2.45, 2.75) is 19.9 Å². The molecule has 0 saturated heterocycles. The summed E-state index contributed by atoms with van der Waals surface area (Å²) in [6.45, 7) is 2.71. The zero-order chi connectivity index (χ0) is 14.5. The molecular weight excluding hydrogens is 274 g/mol. The normalized spacial score (nSPS) is 10.3. The van der Waals surface area contributed by atoms with Crippen LogP contribution in [0.3, 0.4) is 0 Å². The molecule has 0 spiro atoms. The molecule has 0 unspecified atom stereocenters. The number of nitrogens with zero attached hydrogens (tertiary/aromatic N) is 1. The van der Waals surface area contributed by atoms with Crippen LogP contribution < -0.4 is 11.1 Å². The number of aryl methyl sites for hydroxylation is 1. The maximum absolute atomic E-state index is 11.1. The lowest BCUT2D eigenvalue weighted by Gasteiger charge is -2.12. The summed E-state index contributed by atoms with van der Waals surface area (Å²) in [6.07, 6.45) is 1.72. The number of halogens is 1. The van der Waals surface area contributed by atoms with Gasteiger partial charge in [-0.15, -0.1) is 0 Å². The van der Waals surface area contributed by atoms with Crippen LogP contribution in [0.1, 0.15) is 16.7 Å². The van der Waals surface area contributed by atoms with Gasteiger partial charge in [0.1, 0.15) is 5.15 Å². The summed E-state index contributed by atoms with van der Waals surface area (Å²) in [4.78, 5) is 15.1. The van der Waals surface area contributed by atoms with E-state index in [1.807, 2.05) is 12.1 Å². The first kappa shape index (κ1) is 14.3. The molecule has 1 amide bonds. The molecule has 4 nitrogen and oxygen atoms in total. The molecule has 0 saturated carbocycles. The summed E-state index contributed by atoms with van der Waals surface area (Å²) >= 11 is 5.90. The van der Waals surface area contributed by atoms with E-state index < -0.39 is 5.91 Å². The highest BCUT2D eigenvalue weighted by atomic mass is 35.5. The maximum Gasteiger partial charge on any atom is 0.221 e. The lowest BCUT2D eigenvalue weighted by atomic mass is 10.1. The van der Waals surface area contributed by atoms with Crippen LogP contribution >= 0.6 is 11.6 Å². The zero-order valence-electron chi connectivity index (χ0n) is 11.2. The topological polar surface area (TPSA) is 68.0 Å². The quantitative estimate of drug-likeness (QED) is 0.832. The highest BCUT2D eigenvalue weighted by molar-refractivity contribution is 6.29. The fourth-order valence-corrected chi connectivity index (χ4v) is 2.11. The average molecular weight is 290 g/mol. The number of primary amides is 1. The lowest BCUT2D eigenvalue weighted by Crippen LogP contribution is -2.15. The van der Waals surface area contributed by atoms with E-state index in [0.29, 0.717) is 11.7 Å². The van der Waals surface area contributed by atoms with Gasteiger partial charge in [0, 0.05) is 24.0 Å². The minimum atomic E-state index is -0.395. The Morgan fingerprint density at radius 2 is 2.10 bits per heavy atom. The molecule has 1 aromatic heterocycles. The molecule has 3 N–H and O–H groups in total. The molecular formula is C15H16ClN3O. The zero-order valence-corrected chi connectivity index (χ0v) is 11.9. The second kappa shape index (κ2) is 6.39. The Morgan fingerprint density at radius 1 is 1.35 bits per heavy atom. The molecule has 2 rings (SSSR count). The average Bonchev–Trinajstić information content (AvgIpc) is 2.40. The van der Waals surface area contributed by atoms with E-state index in [4.69, 9.17) is 17.3 Å². The van der Waals surface area contributed by atoms with E-state index in [2.05, 4.69) is 29.4 Å². The van der Waals surface area contributed by atoms with Gasteiger partial charge < -0.3 is 11.1 Å². The summed E-state index contributed by atoms with van der Waals surface area (Å²) in [5.41, 5.74) is 9.16. The Bertz CT molecular complexity index is 628. The Labute approximate surface area is 123 Å². The number of amides is 1. The van der Waals surface area contributed by atoms with Crippen molar-refractivity contribution in [1.82, 2.24) is 4.98 Å². The number of nitrogens with two attached hydrogens (primary N) is 1. The van der Waals surface area contributed by atoms with Crippen LogP contribution in [0.2, 0.25) is 5.15 Å². The molecule has 0 bridgehead atoms. The second-order valence-corrected chi connectivity index (χ2v) is 4.97. The van der Waals surface area contributed by atoms with E-state index in [1.54, 1.807) is 12.3 Å². The van der Waals surface area contributed by atoms with Gasteiger partial charge in [-0.05, 0) is 24.1 Å². The molecule has 104 valence electrons. The fourth-order valence-electron chi connectivity index (χ4n) is 1.95. The monoisotopic (exact) mass is 289 g/mol. The lowest BCUT2D eigenvalue weighted by molar-refractivity contribution is -0.117. The number of carbonyl (C=O) groups excluding carboxylic acids is 1. The number of nitrogens with one attached hydrogen (secondary N) is 1. The molecule has 1 heterocycles. The molecule has 5 heteroatoms. The number of anilines is 1. The van der Waals surface area contributed by atoms with Crippen LogP contribution in [0, 0.1) is 6.92 Å². The van der Waals surface area contributed by atoms with Crippen molar-refractivity contribution >= 4 is 23.2 Å². The van der Waals surface area contributed by atoms with Gasteiger partial charge in [0.15, 0.2) is 0 Å². The summed E-state index contributed by atoms with van der Waals surface area (Å²) in [6, 6.07) is 9.81. The summed E-state index contributed by atoms with van der Waals surface area (Å²) in [5, 5.41) is 3.66. The SMILES string of the molecule is Cc1ccccc1CNc1cc(Cl)ncc1CC(N)=O. The van der Waals surface area contributed by atoms with Gasteiger partial charge in [-0.1, -0.05) is 35.9 Å². The van der Waals surface area contributed by atoms with Gasteiger partial charge in [0.25, 0.3) is 0 Å². The van der Waals surface area contributed by atoms with Crippen LogP contribution in [0.25, 0.3) is 0 Å². The van der Waals surface area contributed by atoms with Gasteiger partial charge >= 0.3 is 0 Å².